The molecule has 14 heavy (non-hydrogen) atoms. The van der Waals surface area contributed by atoms with E-state index in [1.54, 1.807) is 12.5 Å². The number of hydrogen-bond donors (Lipinski definition) is 3. The number of nitrogens with two attached hydrogens (primary N) is 1. The van der Waals surface area contributed by atoms with Crippen molar-refractivity contribution in [3.63, 3.8) is 0 Å². The molecule has 0 spiro atoms. The Hall–Kier alpha value is -1.49. The Kier molecular flexibility index (Phi) is 4.00. The van der Waals surface area contributed by atoms with Gasteiger partial charge in [-0.2, -0.15) is 0 Å². The molecule has 4 N–H and O–H groups in total. The van der Waals surface area contributed by atoms with Crippen LogP contribution in [0.1, 0.15) is 12.5 Å². The summed E-state index contributed by atoms with van der Waals surface area (Å²) in [6.45, 7) is 3.28. The quantitative estimate of drug-likeness (QED) is 0.281. The molecule has 0 fully saturated rings. The van der Waals surface area contributed by atoms with Gasteiger partial charge < -0.3 is 20.7 Å². The molecular formula is C9H15N3O2. The van der Waals surface area contributed by atoms with Gasteiger partial charge in [-0.1, -0.05) is 12.1 Å². The molecule has 1 unspecified atom stereocenters. The van der Waals surface area contributed by atoms with Crippen molar-refractivity contribution >= 4 is 5.84 Å². The lowest BCUT2D eigenvalue weighted by Crippen LogP contribution is -2.30. The molecule has 1 atom stereocenters. The minimum atomic E-state index is 0.0203. The van der Waals surface area contributed by atoms with E-state index in [-0.39, 0.29) is 11.8 Å². The summed E-state index contributed by atoms with van der Waals surface area (Å²) in [5.74, 6) is 0.261. The average molecular weight is 197 g/mol. The Labute approximate surface area is 82.6 Å². The maximum absolute atomic E-state index is 8.41. The fraction of sp³-hybridized carbons (Fsp3) is 0.444. The molecule has 1 heterocycles. The summed E-state index contributed by atoms with van der Waals surface area (Å²) < 4.78 is 4.91. The summed E-state index contributed by atoms with van der Waals surface area (Å²) in [5, 5.41) is 14.5. The first kappa shape index (κ1) is 10.6. The van der Waals surface area contributed by atoms with Gasteiger partial charge in [-0.25, -0.2) is 0 Å². The molecule has 1 aromatic rings. The molecule has 0 bridgehead atoms. The van der Waals surface area contributed by atoms with E-state index < -0.39 is 0 Å². The first-order chi connectivity index (χ1) is 6.74. The van der Waals surface area contributed by atoms with Crippen molar-refractivity contribution in [3.8, 4) is 0 Å². The van der Waals surface area contributed by atoms with Crippen LogP contribution < -0.4 is 11.1 Å². The number of hydrogen-bond acceptors (Lipinski definition) is 4. The molecular weight excluding hydrogens is 182 g/mol. The topological polar surface area (TPSA) is 83.8 Å². The van der Waals surface area contributed by atoms with Crippen molar-refractivity contribution < 1.29 is 9.62 Å². The molecule has 0 aliphatic heterocycles. The molecule has 1 aromatic heterocycles. The van der Waals surface area contributed by atoms with Gasteiger partial charge >= 0.3 is 0 Å². The third kappa shape index (κ3) is 3.10. The van der Waals surface area contributed by atoms with Crippen molar-refractivity contribution in [3.05, 3.63) is 24.2 Å². The van der Waals surface area contributed by atoms with Crippen LogP contribution >= 0.6 is 0 Å². The molecule has 5 nitrogen and oxygen atoms in total. The SMILES string of the molecule is CC(CNCc1ccoc1)/C(N)=N/O. The molecule has 1 rings (SSSR count). The van der Waals surface area contributed by atoms with Gasteiger partial charge in [0.2, 0.25) is 0 Å². The summed E-state index contributed by atoms with van der Waals surface area (Å²) in [7, 11) is 0. The Morgan fingerprint density at radius 2 is 2.57 bits per heavy atom. The molecule has 0 aliphatic rings. The van der Waals surface area contributed by atoms with Gasteiger partial charge in [0, 0.05) is 24.6 Å². The van der Waals surface area contributed by atoms with Crippen molar-refractivity contribution in [2.75, 3.05) is 6.54 Å². The lowest BCUT2D eigenvalue weighted by molar-refractivity contribution is 0.314. The van der Waals surface area contributed by atoms with E-state index in [9.17, 15) is 0 Å². The van der Waals surface area contributed by atoms with E-state index in [1.807, 2.05) is 13.0 Å². The van der Waals surface area contributed by atoms with E-state index in [2.05, 4.69) is 10.5 Å². The van der Waals surface area contributed by atoms with Gasteiger partial charge in [0.25, 0.3) is 0 Å². The zero-order valence-electron chi connectivity index (χ0n) is 8.10. The van der Waals surface area contributed by atoms with Crippen molar-refractivity contribution in [2.45, 2.75) is 13.5 Å². The summed E-state index contributed by atoms with van der Waals surface area (Å²) in [4.78, 5) is 0. The predicted molar refractivity (Wildman–Crippen MR) is 53.0 cm³/mol. The van der Waals surface area contributed by atoms with Crippen LogP contribution in [0.4, 0.5) is 0 Å². The van der Waals surface area contributed by atoms with Crippen LogP contribution in [0.5, 0.6) is 0 Å². The van der Waals surface area contributed by atoms with Gasteiger partial charge in [-0.3, -0.25) is 0 Å². The molecule has 0 aromatic carbocycles. The van der Waals surface area contributed by atoms with Crippen LogP contribution in [-0.4, -0.2) is 17.6 Å². The lowest BCUT2D eigenvalue weighted by Gasteiger charge is -2.09. The van der Waals surface area contributed by atoms with Crippen LogP contribution in [-0.2, 0) is 6.54 Å². The number of oxime groups is 1. The number of rotatable bonds is 5. The number of nitrogens with zero attached hydrogens (tertiary/aromatic N) is 1. The van der Waals surface area contributed by atoms with Gasteiger partial charge in [-0.05, 0) is 6.07 Å². The predicted octanol–water partition coefficient (Wildman–Crippen LogP) is 0.752. The summed E-state index contributed by atoms with van der Waals surface area (Å²) in [5.41, 5.74) is 6.50. The smallest absolute Gasteiger partial charge is 0.143 e. The largest absolute Gasteiger partial charge is 0.472 e. The number of furan rings is 1. The van der Waals surface area contributed by atoms with Crippen LogP contribution in [0.2, 0.25) is 0 Å². The number of amidine groups is 1. The zero-order chi connectivity index (χ0) is 10.4. The second kappa shape index (κ2) is 5.29. The minimum absolute atomic E-state index is 0.0203. The monoisotopic (exact) mass is 197 g/mol. The first-order valence-corrected chi connectivity index (χ1v) is 4.43. The molecule has 78 valence electrons. The highest BCUT2D eigenvalue weighted by Crippen LogP contribution is 1.99. The third-order valence-electron chi connectivity index (χ3n) is 1.98. The Morgan fingerprint density at radius 3 is 3.14 bits per heavy atom. The van der Waals surface area contributed by atoms with E-state index in [0.29, 0.717) is 6.54 Å². The summed E-state index contributed by atoms with van der Waals surface area (Å²) >= 11 is 0. The molecule has 0 saturated carbocycles. The highest BCUT2D eigenvalue weighted by molar-refractivity contribution is 5.82. The summed E-state index contributed by atoms with van der Waals surface area (Å²) in [6.07, 6.45) is 3.31. The summed E-state index contributed by atoms with van der Waals surface area (Å²) in [6, 6.07) is 1.89. The fourth-order valence-corrected chi connectivity index (χ4v) is 1.03. The highest BCUT2D eigenvalue weighted by atomic mass is 16.4. The van der Waals surface area contributed by atoms with Crippen LogP contribution in [0.3, 0.4) is 0 Å². The minimum Gasteiger partial charge on any atom is -0.472 e. The molecule has 0 saturated heterocycles. The van der Waals surface area contributed by atoms with Crippen LogP contribution in [0.25, 0.3) is 0 Å². The molecule has 0 amide bonds. The van der Waals surface area contributed by atoms with E-state index >= 15 is 0 Å². The van der Waals surface area contributed by atoms with E-state index in [4.69, 9.17) is 15.4 Å². The van der Waals surface area contributed by atoms with Gasteiger partial charge in [0.05, 0.1) is 12.5 Å². The third-order valence-corrected chi connectivity index (χ3v) is 1.98. The van der Waals surface area contributed by atoms with Gasteiger partial charge in [0.1, 0.15) is 5.84 Å². The van der Waals surface area contributed by atoms with Crippen molar-refractivity contribution in [1.29, 1.82) is 0 Å². The van der Waals surface area contributed by atoms with E-state index in [0.717, 1.165) is 12.1 Å². The second-order valence-corrected chi connectivity index (χ2v) is 3.19. The standard InChI is InChI=1S/C9H15N3O2/c1-7(9(10)12-13)4-11-5-8-2-3-14-6-8/h2-3,6-7,11,13H,4-5H2,1H3,(H2,10,12). The highest BCUT2D eigenvalue weighted by Gasteiger charge is 2.06. The van der Waals surface area contributed by atoms with Crippen molar-refractivity contribution in [1.82, 2.24) is 5.32 Å². The maximum Gasteiger partial charge on any atom is 0.143 e. The maximum atomic E-state index is 8.41. The van der Waals surface area contributed by atoms with Crippen LogP contribution in [0, 0.1) is 5.92 Å². The van der Waals surface area contributed by atoms with Crippen molar-refractivity contribution in [2.24, 2.45) is 16.8 Å². The number of nitrogens with one attached hydrogen (secondary N) is 1. The lowest BCUT2D eigenvalue weighted by atomic mass is 10.1. The average Bonchev–Trinajstić information content (AvgIpc) is 2.69. The Morgan fingerprint density at radius 1 is 1.79 bits per heavy atom. The first-order valence-electron chi connectivity index (χ1n) is 4.43. The molecule has 0 aliphatic carbocycles. The second-order valence-electron chi connectivity index (χ2n) is 3.19. The zero-order valence-corrected chi connectivity index (χ0v) is 8.10. The Balaban J connectivity index is 2.22. The fourth-order valence-electron chi connectivity index (χ4n) is 1.03. The molecule has 0 radical (unpaired) electrons. The molecule has 5 heteroatoms. The van der Waals surface area contributed by atoms with Gasteiger partial charge in [-0.15, -0.1) is 0 Å². The van der Waals surface area contributed by atoms with Crippen LogP contribution in [0.15, 0.2) is 28.2 Å². The van der Waals surface area contributed by atoms with E-state index in [1.165, 1.54) is 0 Å². The van der Waals surface area contributed by atoms with Gasteiger partial charge in [0.15, 0.2) is 0 Å². The normalized spacial score (nSPS) is 14.2. The Bertz CT molecular complexity index is 282.